The van der Waals surface area contributed by atoms with Crippen LogP contribution in [0.25, 0.3) is 16.7 Å². The van der Waals surface area contributed by atoms with E-state index < -0.39 is 0 Å². The Kier molecular flexibility index (Phi) is 4.81. The average Bonchev–Trinajstić information content (AvgIpc) is 3.05. The zero-order valence-corrected chi connectivity index (χ0v) is 15.8. The van der Waals surface area contributed by atoms with Crippen LogP contribution < -0.4 is 10.1 Å². The molecule has 140 valence electrons. The largest absolute Gasteiger partial charge is 0.492 e. The van der Waals surface area contributed by atoms with Crippen molar-refractivity contribution in [3.05, 3.63) is 84.2 Å². The molecule has 0 aliphatic rings. The number of para-hydroxylation sites is 3. The predicted octanol–water partition coefficient (Wildman–Crippen LogP) is 4.98. The van der Waals surface area contributed by atoms with E-state index in [-0.39, 0.29) is 5.91 Å². The van der Waals surface area contributed by atoms with Crippen molar-refractivity contribution in [1.29, 1.82) is 0 Å². The van der Waals surface area contributed by atoms with E-state index in [0.717, 1.165) is 22.5 Å². The van der Waals surface area contributed by atoms with Crippen LogP contribution in [-0.4, -0.2) is 22.1 Å². The number of fused-ring (bicyclic) bond motifs is 1. The van der Waals surface area contributed by atoms with Crippen LogP contribution in [0.3, 0.4) is 0 Å². The molecule has 28 heavy (non-hydrogen) atoms. The molecule has 0 aliphatic heterocycles. The maximum absolute atomic E-state index is 12.8. The third kappa shape index (κ3) is 3.34. The number of ether oxygens (including phenoxy) is 1. The van der Waals surface area contributed by atoms with Gasteiger partial charge in [-0.05, 0) is 56.3 Å². The molecule has 5 nitrogen and oxygen atoms in total. The van der Waals surface area contributed by atoms with Crippen LogP contribution in [0.1, 0.15) is 23.1 Å². The molecular weight excluding hydrogens is 350 g/mol. The highest BCUT2D eigenvalue weighted by Crippen LogP contribution is 2.26. The fourth-order valence-electron chi connectivity index (χ4n) is 3.29. The first-order valence-electron chi connectivity index (χ1n) is 9.25. The second-order valence-corrected chi connectivity index (χ2v) is 6.42. The van der Waals surface area contributed by atoms with Gasteiger partial charge in [-0.1, -0.05) is 30.3 Å². The fourth-order valence-corrected chi connectivity index (χ4v) is 3.29. The molecule has 1 heterocycles. The van der Waals surface area contributed by atoms with Crippen molar-refractivity contribution in [2.45, 2.75) is 13.8 Å². The number of carbonyl (C=O) groups excluding carboxylic acids is 1. The van der Waals surface area contributed by atoms with Gasteiger partial charge >= 0.3 is 0 Å². The fraction of sp³-hybridized carbons (Fsp3) is 0.130. The van der Waals surface area contributed by atoms with E-state index in [1.54, 1.807) is 0 Å². The van der Waals surface area contributed by atoms with Gasteiger partial charge < -0.3 is 10.1 Å². The van der Waals surface area contributed by atoms with E-state index in [4.69, 9.17) is 4.74 Å². The van der Waals surface area contributed by atoms with Crippen LogP contribution in [0.2, 0.25) is 0 Å². The van der Waals surface area contributed by atoms with E-state index in [1.807, 2.05) is 86.6 Å². The first kappa shape index (κ1) is 17.8. The lowest BCUT2D eigenvalue weighted by Gasteiger charge is -2.11. The maximum atomic E-state index is 12.8. The summed E-state index contributed by atoms with van der Waals surface area (Å²) in [7, 11) is 0. The van der Waals surface area contributed by atoms with Crippen LogP contribution in [0.5, 0.6) is 5.75 Å². The quantitative estimate of drug-likeness (QED) is 0.538. The van der Waals surface area contributed by atoms with Crippen molar-refractivity contribution in [2.24, 2.45) is 0 Å². The summed E-state index contributed by atoms with van der Waals surface area (Å²) in [4.78, 5) is 17.4. The molecule has 5 heteroatoms. The summed E-state index contributed by atoms with van der Waals surface area (Å²) in [5.74, 6) is 1.34. The number of nitrogens with one attached hydrogen (secondary N) is 1. The van der Waals surface area contributed by atoms with Crippen molar-refractivity contribution < 1.29 is 9.53 Å². The number of anilines is 1. The van der Waals surface area contributed by atoms with Crippen molar-refractivity contribution >= 4 is 22.6 Å². The third-order valence-corrected chi connectivity index (χ3v) is 4.53. The van der Waals surface area contributed by atoms with E-state index >= 15 is 0 Å². The Balaban J connectivity index is 1.67. The molecule has 1 aromatic heterocycles. The number of hydrogen-bond acceptors (Lipinski definition) is 3. The second-order valence-electron chi connectivity index (χ2n) is 6.42. The number of benzene rings is 3. The molecule has 4 aromatic rings. The molecule has 0 saturated carbocycles. The van der Waals surface area contributed by atoms with Gasteiger partial charge in [0.1, 0.15) is 11.6 Å². The Bertz CT molecular complexity index is 1130. The molecule has 0 unspecified atom stereocenters. The molecule has 1 amide bonds. The second kappa shape index (κ2) is 7.56. The van der Waals surface area contributed by atoms with E-state index in [0.29, 0.717) is 23.6 Å². The summed E-state index contributed by atoms with van der Waals surface area (Å²) >= 11 is 0. The minimum Gasteiger partial charge on any atom is -0.492 e. The van der Waals surface area contributed by atoms with Crippen LogP contribution >= 0.6 is 0 Å². The van der Waals surface area contributed by atoms with Gasteiger partial charge in [0.25, 0.3) is 5.91 Å². The number of carbonyl (C=O) groups is 1. The summed E-state index contributed by atoms with van der Waals surface area (Å²) in [5, 5.41) is 2.93. The molecule has 4 rings (SSSR count). The Morgan fingerprint density at radius 2 is 1.79 bits per heavy atom. The first-order chi connectivity index (χ1) is 13.7. The zero-order valence-electron chi connectivity index (χ0n) is 15.8. The molecule has 0 atom stereocenters. The van der Waals surface area contributed by atoms with Gasteiger partial charge in [0.15, 0.2) is 0 Å². The summed E-state index contributed by atoms with van der Waals surface area (Å²) in [6.07, 6.45) is 0. The molecular formula is C23H21N3O2. The van der Waals surface area contributed by atoms with Crippen LogP contribution in [0.15, 0.2) is 72.8 Å². The van der Waals surface area contributed by atoms with Crippen molar-refractivity contribution in [1.82, 2.24) is 9.55 Å². The Morgan fingerprint density at radius 1 is 1.04 bits per heavy atom. The lowest BCUT2D eigenvalue weighted by molar-refractivity contribution is 0.102. The highest BCUT2D eigenvalue weighted by molar-refractivity contribution is 6.06. The lowest BCUT2D eigenvalue weighted by atomic mass is 10.1. The van der Waals surface area contributed by atoms with Crippen molar-refractivity contribution in [3.8, 4) is 11.4 Å². The Hall–Kier alpha value is -3.60. The van der Waals surface area contributed by atoms with Gasteiger partial charge in [-0.3, -0.25) is 9.36 Å². The molecule has 1 N–H and O–H groups in total. The monoisotopic (exact) mass is 371 g/mol. The zero-order chi connectivity index (χ0) is 19.5. The van der Waals surface area contributed by atoms with E-state index in [9.17, 15) is 4.79 Å². The number of aromatic nitrogens is 2. The third-order valence-electron chi connectivity index (χ3n) is 4.53. The minimum atomic E-state index is -0.194. The summed E-state index contributed by atoms with van der Waals surface area (Å²) in [6, 6.07) is 23.1. The number of hydrogen-bond donors (Lipinski definition) is 1. The standard InChI is InChI=1S/C23H21N3O2/c1-3-28-22-12-8-7-11-19(22)25-23(27)17-13-14-21-20(15-17)24-16(2)26(21)18-9-5-4-6-10-18/h4-15H,3H2,1-2H3,(H,25,27). The highest BCUT2D eigenvalue weighted by atomic mass is 16.5. The van der Waals surface area contributed by atoms with Gasteiger partial charge in [0, 0.05) is 11.3 Å². The van der Waals surface area contributed by atoms with Crippen molar-refractivity contribution in [3.63, 3.8) is 0 Å². The number of imidazole rings is 1. The normalized spacial score (nSPS) is 10.8. The van der Waals surface area contributed by atoms with Gasteiger partial charge in [0.05, 0.1) is 23.3 Å². The number of aryl methyl sites for hydroxylation is 1. The average molecular weight is 371 g/mol. The van der Waals surface area contributed by atoms with E-state index in [1.165, 1.54) is 0 Å². The SMILES string of the molecule is CCOc1ccccc1NC(=O)c1ccc2c(c1)nc(C)n2-c1ccccc1. The van der Waals surface area contributed by atoms with Gasteiger partial charge in [0.2, 0.25) is 0 Å². The Morgan fingerprint density at radius 3 is 2.57 bits per heavy atom. The Labute approximate surface area is 163 Å². The maximum Gasteiger partial charge on any atom is 0.255 e. The van der Waals surface area contributed by atoms with Crippen LogP contribution in [0, 0.1) is 6.92 Å². The molecule has 3 aromatic carbocycles. The topological polar surface area (TPSA) is 56.1 Å². The number of rotatable bonds is 5. The van der Waals surface area contributed by atoms with E-state index in [2.05, 4.69) is 14.9 Å². The first-order valence-corrected chi connectivity index (χ1v) is 9.25. The molecule has 0 radical (unpaired) electrons. The molecule has 0 saturated heterocycles. The van der Waals surface area contributed by atoms with Crippen LogP contribution in [-0.2, 0) is 0 Å². The summed E-state index contributed by atoms with van der Waals surface area (Å²) in [6.45, 7) is 4.41. The summed E-state index contributed by atoms with van der Waals surface area (Å²) < 4.78 is 7.67. The minimum absolute atomic E-state index is 0.194. The number of amides is 1. The van der Waals surface area contributed by atoms with Gasteiger partial charge in [-0.25, -0.2) is 4.98 Å². The van der Waals surface area contributed by atoms with Gasteiger partial charge in [-0.2, -0.15) is 0 Å². The molecule has 0 fully saturated rings. The molecule has 0 spiro atoms. The number of nitrogens with zero attached hydrogens (tertiary/aromatic N) is 2. The lowest BCUT2D eigenvalue weighted by Crippen LogP contribution is -2.13. The van der Waals surface area contributed by atoms with Gasteiger partial charge in [-0.15, -0.1) is 0 Å². The summed E-state index contributed by atoms with van der Waals surface area (Å²) in [5.41, 5.74) is 4.00. The predicted molar refractivity (Wildman–Crippen MR) is 111 cm³/mol. The highest BCUT2D eigenvalue weighted by Gasteiger charge is 2.14. The molecule has 0 aliphatic carbocycles. The van der Waals surface area contributed by atoms with Crippen molar-refractivity contribution in [2.75, 3.05) is 11.9 Å². The molecule has 0 bridgehead atoms. The van der Waals surface area contributed by atoms with Crippen LogP contribution in [0.4, 0.5) is 5.69 Å². The smallest absolute Gasteiger partial charge is 0.255 e.